The van der Waals surface area contributed by atoms with Gasteiger partial charge in [0.25, 0.3) is 0 Å². The van der Waals surface area contributed by atoms with E-state index in [0.717, 1.165) is 78.9 Å². The number of hydrogen-bond donors (Lipinski definition) is 0. The third kappa shape index (κ3) is 7.49. The van der Waals surface area contributed by atoms with Gasteiger partial charge in [0.2, 0.25) is 0 Å². The molecule has 0 saturated carbocycles. The molecule has 0 unspecified atom stereocenters. The Morgan fingerprint density at radius 2 is 0.783 bits per heavy atom. The van der Waals surface area contributed by atoms with Crippen molar-refractivity contribution in [2.75, 3.05) is 0 Å². The van der Waals surface area contributed by atoms with Crippen LogP contribution in [0.4, 0.5) is 0 Å². The van der Waals surface area contributed by atoms with E-state index in [1.54, 1.807) is 12.1 Å². The minimum absolute atomic E-state index is 0.183. The summed E-state index contributed by atoms with van der Waals surface area (Å²) >= 11 is 1.69. The molecule has 6 aromatic rings. The monoisotopic (exact) mass is 740 g/mol. The third-order valence-electron chi connectivity index (χ3n) is 7.12. The van der Waals surface area contributed by atoms with Crippen molar-refractivity contribution in [2.24, 2.45) is 9.98 Å². The Morgan fingerprint density at radius 1 is 0.435 bits per heavy atom. The van der Waals surface area contributed by atoms with Crippen LogP contribution < -0.4 is 10.2 Å². The molecule has 0 radical (unpaired) electrons. The van der Waals surface area contributed by atoms with Gasteiger partial charge in [0.05, 0.1) is 33.8 Å². The number of benzene rings is 4. The van der Waals surface area contributed by atoms with E-state index in [9.17, 15) is 10.2 Å². The maximum absolute atomic E-state index is 11.9. The molecule has 216 valence electrons. The molecule has 2 aliphatic heterocycles. The Hall–Kier alpha value is -4.05. The second-order valence-corrected chi connectivity index (χ2v) is 9.84. The second-order valence-electron chi connectivity index (χ2n) is 9.84. The zero-order chi connectivity index (χ0) is 32.5. The van der Waals surface area contributed by atoms with Gasteiger partial charge in [-0.05, 0) is 59.3 Å². The summed E-state index contributed by atoms with van der Waals surface area (Å²) in [7, 11) is 9.53. The summed E-state index contributed by atoms with van der Waals surface area (Å²) in [4.78, 5) is 17.4. The largest absolute Gasteiger partial charge is 0.858 e. The fourth-order valence-electron chi connectivity index (χ4n) is 5.07. The van der Waals surface area contributed by atoms with Gasteiger partial charge in [-0.15, -0.1) is 0 Å². The number of rotatable bonds is 2. The van der Waals surface area contributed by atoms with Crippen LogP contribution >= 0.6 is 19.4 Å². The molecule has 0 N–H and O–H groups in total. The first-order chi connectivity index (χ1) is 22.6. The van der Waals surface area contributed by atoms with Gasteiger partial charge >= 0.3 is 54.0 Å². The molecule has 2 aromatic heterocycles. The molecule has 2 aliphatic rings. The molecular formula is C36H22Cl2N4O2Zn2. The summed E-state index contributed by atoms with van der Waals surface area (Å²) in [6.45, 7) is 0. The van der Waals surface area contributed by atoms with Gasteiger partial charge in [-0.3, -0.25) is 9.98 Å². The van der Waals surface area contributed by atoms with Gasteiger partial charge in [-0.2, -0.15) is 0 Å². The predicted molar refractivity (Wildman–Crippen MR) is 177 cm³/mol. The molecule has 0 atom stereocenters. The van der Waals surface area contributed by atoms with E-state index in [4.69, 9.17) is 19.4 Å². The van der Waals surface area contributed by atoms with E-state index in [-0.39, 0.29) is 11.8 Å². The number of aromatic nitrogens is 2. The summed E-state index contributed by atoms with van der Waals surface area (Å²) in [5, 5.41) is 25.9. The standard InChI is InChI=1S/2C18H12N2O.2ClH.2Zn/c2*21-18-15-7-3-2-6-14(15)17(20-18)11-13-10-9-12-5-1-4-8-16(12)19-13;;;;/h2*1-11H,(H,20,21);2*1H;;/q;;;;2*+2/p-4/b2*17-11+;;;;. The first-order valence-corrected chi connectivity index (χ1v) is 21.8. The van der Waals surface area contributed by atoms with Crippen molar-refractivity contribution in [1.82, 2.24) is 9.97 Å². The second kappa shape index (κ2) is 16.0. The van der Waals surface area contributed by atoms with Gasteiger partial charge < -0.3 is 10.2 Å². The quantitative estimate of drug-likeness (QED) is 0.177. The van der Waals surface area contributed by atoms with Gasteiger partial charge in [0.15, 0.2) is 0 Å². The Kier molecular flexibility index (Phi) is 11.6. The van der Waals surface area contributed by atoms with E-state index in [1.165, 1.54) is 0 Å². The summed E-state index contributed by atoms with van der Waals surface area (Å²) in [5.74, 6) is -0.365. The van der Waals surface area contributed by atoms with Crippen molar-refractivity contribution in [2.45, 2.75) is 0 Å². The number of para-hydroxylation sites is 2. The van der Waals surface area contributed by atoms with Crippen molar-refractivity contribution in [3.8, 4) is 0 Å². The fourth-order valence-corrected chi connectivity index (χ4v) is 5.07. The van der Waals surface area contributed by atoms with E-state index >= 15 is 0 Å². The van der Waals surface area contributed by atoms with Crippen molar-refractivity contribution in [1.29, 1.82) is 0 Å². The van der Waals surface area contributed by atoms with Gasteiger partial charge in [-0.1, -0.05) is 97.1 Å². The number of halogens is 2. The molecule has 0 saturated heterocycles. The summed E-state index contributed by atoms with van der Waals surface area (Å²) < 4.78 is 0. The van der Waals surface area contributed by atoms with E-state index in [2.05, 4.69) is 20.0 Å². The number of hydrogen-bond acceptors (Lipinski definition) is 6. The third-order valence-corrected chi connectivity index (χ3v) is 7.12. The molecule has 8 rings (SSSR count). The number of aliphatic imine (C=N–C) groups is 2. The number of nitrogens with zero attached hydrogens (tertiary/aromatic N) is 4. The Morgan fingerprint density at radius 3 is 1.20 bits per heavy atom. The molecule has 46 heavy (non-hydrogen) atoms. The smallest absolute Gasteiger partial charge is 0.0722 e. The van der Waals surface area contributed by atoms with E-state index in [0.29, 0.717) is 22.5 Å². The molecule has 6 nitrogen and oxygen atoms in total. The van der Waals surface area contributed by atoms with Crippen molar-refractivity contribution in [3.63, 3.8) is 0 Å². The SMILES string of the molecule is [Cl][Zn+].[Cl][Zn+].[O-]C1=N/C(=C/c2ccc3ccccc3n2)c2ccccc21.[O-]C1=N/C(=C/c2ccc3ccccc3n2)c2ccccc21. The van der Waals surface area contributed by atoms with Crippen LogP contribution in [0.1, 0.15) is 33.6 Å². The fraction of sp³-hybridized carbons (Fsp3) is 0. The van der Waals surface area contributed by atoms with Gasteiger partial charge in [0, 0.05) is 21.9 Å². The van der Waals surface area contributed by atoms with Crippen molar-refractivity contribution >= 4 is 76.5 Å². The maximum Gasteiger partial charge on any atom is 0.0722 e. The molecule has 0 bridgehead atoms. The molecule has 10 heteroatoms. The average molecular weight is 744 g/mol. The van der Waals surface area contributed by atoms with Gasteiger partial charge in [-0.25, -0.2) is 9.97 Å². The molecule has 4 aromatic carbocycles. The van der Waals surface area contributed by atoms with Crippen molar-refractivity contribution < 1.29 is 44.8 Å². The Bertz CT molecular complexity index is 2000. The average Bonchev–Trinajstić information content (AvgIpc) is 3.61. The first kappa shape index (κ1) is 33.3. The normalized spacial score (nSPS) is 14.2. The van der Waals surface area contributed by atoms with Crippen molar-refractivity contribution in [3.05, 3.63) is 155 Å². The number of fused-ring (bicyclic) bond motifs is 4. The molecule has 4 heterocycles. The topological polar surface area (TPSA) is 96.6 Å². The van der Waals surface area contributed by atoms with E-state index < -0.39 is 0 Å². The number of pyridine rings is 2. The molecule has 0 aliphatic carbocycles. The zero-order valence-electron chi connectivity index (χ0n) is 24.5. The van der Waals surface area contributed by atoms with Crippen LogP contribution in [0.2, 0.25) is 0 Å². The van der Waals surface area contributed by atoms with Crippen LogP contribution in [0.3, 0.4) is 0 Å². The van der Waals surface area contributed by atoms with Crippen LogP contribution in [0.15, 0.2) is 131 Å². The minimum atomic E-state index is -0.183. The molecule has 0 spiro atoms. The van der Waals surface area contributed by atoms with Crippen LogP contribution in [-0.2, 0) is 34.6 Å². The molecule has 0 fully saturated rings. The van der Waals surface area contributed by atoms with Crippen LogP contribution in [0.5, 0.6) is 0 Å². The first-order valence-electron chi connectivity index (χ1n) is 14.0. The summed E-state index contributed by atoms with van der Waals surface area (Å²) in [6, 6.07) is 38.8. The summed E-state index contributed by atoms with van der Waals surface area (Å²) in [6.07, 6.45) is 3.71. The minimum Gasteiger partial charge on any atom is -0.858 e. The van der Waals surface area contributed by atoms with Crippen LogP contribution in [0, 0.1) is 0 Å². The Balaban J connectivity index is 0.000000164. The Labute approximate surface area is 294 Å². The van der Waals surface area contributed by atoms with Gasteiger partial charge in [0.1, 0.15) is 0 Å². The van der Waals surface area contributed by atoms with E-state index in [1.807, 2.05) is 121 Å². The molecule has 0 amide bonds. The summed E-state index contributed by atoms with van der Waals surface area (Å²) in [5.41, 5.74) is 7.89. The maximum atomic E-state index is 11.9. The van der Waals surface area contributed by atoms with Crippen LogP contribution in [-0.4, -0.2) is 21.8 Å². The predicted octanol–water partition coefficient (Wildman–Crippen LogP) is 7.08. The van der Waals surface area contributed by atoms with Crippen LogP contribution in [0.25, 0.3) is 45.4 Å². The zero-order valence-corrected chi connectivity index (χ0v) is 31.9. The molecular weight excluding hydrogens is 722 g/mol.